The molecule has 0 bridgehead atoms. The topological polar surface area (TPSA) is 103 Å². The standard InChI is InChI=1S/C52H30N8/c1-2-24-53-43(7-1)44-22-16-37-27-35(14-19-40(37)56-44)36-15-20-41-38(28-36)17-23-45(57-41)47-29-39(42-18-12-33-10-8-31-5-3-25-54-49(31)51(33)59-42)30-48(58-47)46-21-13-34-11-9-32-6-4-26-55-50(32)52(34)60-46/h1-30H. The molecule has 4 aromatic carbocycles. The Balaban J connectivity index is 0.964. The van der Waals surface area contributed by atoms with Crippen LogP contribution >= 0.6 is 0 Å². The molecular formula is C52H30N8. The summed E-state index contributed by atoms with van der Waals surface area (Å²) in [6.07, 6.45) is 5.42. The van der Waals surface area contributed by atoms with Crippen LogP contribution in [0.5, 0.6) is 0 Å². The highest BCUT2D eigenvalue weighted by atomic mass is 14.8. The number of hydrogen-bond donors (Lipinski definition) is 0. The van der Waals surface area contributed by atoms with Crippen molar-refractivity contribution in [1.82, 2.24) is 39.9 Å². The van der Waals surface area contributed by atoms with Crippen molar-refractivity contribution < 1.29 is 0 Å². The smallest absolute Gasteiger partial charge is 0.0972 e. The third-order valence-electron chi connectivity index (χ3n) is 11.1. The lowest BCUT2D eigenvalue weighted by Gasteiger charge is -2.12. The summed E-state index contributed by atoms with van der Waals surface area (Å²) < 4.78 is 0. The lowest BCUT2D eigenvalue weighted by Crippen LogP contribution is -1.97. The molecule has 278 valence electrons. The van der Waals surface area contributed by atoms with Crippen LogP contribution in [0.2, 0.25) is 0 Å². The number of hydrogen-bond acceptors (Lipinski definition) is 8. The molecule has 0 N–H and O–H groups in total. The van der Waals surface area contributed by atoms with E-state index in [0.717, 1.165) is 116 Å². The van der Waals surface area contributed by atoms with Crippen molar-refractivity contribution in [2.24, 2.45) is 0 Å². The summed E-state index contributed by atoms with van der Waals surface area (Å²) in [6, 6.07) is 55.7. The minimum atomic E-state index is 0.713. The maximum Gasteiger partial charge on any atom is 0.0972 e. The summed E-state index contributed by atoms with van der Waals surface area (Å²) in [6.45, 7) is 0. The molecule has 0 saturated heterocycles. The highest BCUT2D eigenvalue weighted by molar-refractivity contribution is 6.04. The van der Waals surface area contributed by atoms with Gasteiger partial charge in [0, 0.05) is 56.5 Å². The van der Waals surface area contributed by atoms with Gasteiger partial charge in [-0.2, -0.15) is 0 Å². The zero-order valence-corrected chi connectivity index (χ0v) is 31.9. The number of fused-ring (bicyclic) bond motifs is 8. The third kappa shape index (κ3) is 5.85. The van der Waals surface area contributed by atoms with Crippen LogP contribution in [0, 0.1) is 0 Å². The Morgan fingerprint density at radius 3 is 1.27 bits per heavy atom. The Bertz CT molecular complexity index is 3540. The Morgan fingerprint density at radius 1 is 0.233 bits per heavy atom. The summed E-state index contributed by atoms with van der Waals surface area (Å²) >= 11 is 0. The maximum absolute atomic E-state index is 5.23. The number of nitrogens with zero attached hydrogens (tertiary/aromatic N) is 8. The normalized spacial score (nSPS) is 11.7. The van der Waals surface area contributed by atoms with Crippen LogP contribution in [0.3, 0.4) is 0 Å². The Hall–Kier alpha value is -8.36. The second-order valence-electron chi connectivity index (χ2n) is 14.9. The van der Waals surface area contributed by atoms with Crippen LogP contribution in [0.1, 0.15) is 0 Å². The first kappa shape index (κ1) is 33.7. The zero-order chi connectivity index (χ0) is 39.6. The molecule has 0 unspecified atom stereocenters. The second-order valence-corrected chi connectivity index (χ2v) is 14.9. The van der Waals surface area contributed by atoms with Gasteiger partial charge >= 0.3 is 0 Å². The van der Waals surface area contributed by atoms with Crippen molar-refractivity contribution in [3.8, 4) is 56.5 Å². The van der Waals surface area contributed by atoms with E-state index in [1.807, 2.05) is 60.9 Å². The van der Waals surface area contributed by atoms with Gasteiger partial charge in [0.05, 0.1) is 73.0 Å². The summed E-state index contributed by atoms with van der Waals surface area (Å²) in [4.78, 5) is 39.5. The molecule has 0 atom stereocenters. The summed E-state index contributed by atoms with van der Waals surface area (Å²) in [5, 5.41) is 6.22. The van der Waals surface area contributed by atoms with Crippen LogP contribution in [0.4, 0.5) is 0 Å². The molecule has 0 amide bonds. The van der Waals surface area contributed by atoms with Crippen LogP contribution < -0.4 is 0 Å². The monoisotopic (exact) mass is 766 g/mol. The Labute approximate surface area is 343 Å². The number of rotatable bonds is 5. The first-order chi connectivity index (χ1) is 29.7. The lowest BCUT2D eigenvalue weighted by molar-refractivity contribution is 1.24. The van der Waals surface area contributed by atoms with E-state index in [0.29, 0.717) is 5.69 Å². The molecule has 0 radical (unpaired) electrons. The van der Waals surface area contributed by atoms with E-state index >= 15 is 0 Å². The molecule has 0 spiro atoms. The molecule has 8 nitrogen and oxygen atoms in total. The van der Waals surface area contributed by atoms with Crippen LogP contribution in [-0.2, 0) is 0 Å². The average Bonchev–Trinajstić information content (AvgIpc) is 3.33. The summed E-state index contributed by atoms with van der Waals surface area (Å²) in [7, 11) is 0. The largest absolute Gasteiger partial charge is 0.255 e. The van der Waals surface area contributed by atoms with Crippen molar-refractivity contribution in [2.45, 2.75) is 0 Å². The Morgan fingerprint density at radius 2 is 0.700 bits per heavy atom. The average molecular weight is 767 g/mol. The Kier molecular flexibility index (Phi) is 7.67. The van der Waals surface area contributed by atoms with Gasteiger partial charge in [-0.1, -0.05) is 78.9 Å². The second kappa shape index (κ2) is 13.6. The van der Waals surface area contributed by atoms with Crippen LogP contribution in [-0.4, -0.2) is 39.9 Å². The molecule has 0 saturated carbocycles. The van der Waals surface area contributed by atoms with Gasteiger partial charge in [0.25, 0.3) is 0 Å². The van der Waals surface area contributed by atoms with E-state index in [2.05, 4.69) is 120 Å². The molecule has 0 aliphatic heterocycles. The van der Waals surface area contributed by atoms with Gasteiger partial charge < -0.3 is 0 Å². The number of aromatic nitrogens is 8. The van der Waals surface area contributed by atoms with E-state index in [-0.39, 0.29) is 0 Å². The highest BCUT2D eigenvalue weighted by Gasteiger charge is 2.15. The predicted molar refractivity (Wildman–Crippen MR) is 241 cm³/mol. The summed E-state index contributed by atoms with van der Waals surface area (Å²) in [5.74, 6) is 0. The first-order valence-corrected chi connectivity index (χ1v) is 19.7. The molecule has 0 aliphatic carbocycles. The SMILES string of the molecule is c1ccc(-c2ccc3cc(-c4ccc5nc(-c6cc(-c7ccc8ccc9cccnc9c8n7)cc(-c7ccc8ccc9cccnc9c8n7)n6)ccc5c4)ccc3n2)nc1. The van der Waals surface area contributed by atoms with Crippen LogP contribution in [0.25, 0.3) is 122 Å². The first-order valence-electron chi connectivity index (χ1n) is 19.7. The van der Waals surface area contributed by atoms with Gasteiger partial charge in [0.2, 0.25) is 0 Å². The fourth-order valence-electron chi connectivity index (χ4n) is 8.10. The highest BCUT2D eigenvalue weighted by Crippen LogP contribution is 2.34. The van der Waals surface area contributed by atoms with Gasteiger partial charge in [0.1, 0.15) is 0 Å². The molecule has 12 aromatic rings. The molecule has 8 heterocycles. The fraction of sp³-hybridized carbons (Fsp3) is 0. The molecule has 12 rings (SSSR count). The number of pyridine rings is 8. The van der Waals surface area contributed by atoms with Crippen molar-refractivity contribution >= 4 is 65.4 Å². The maximum atomic E-state index is 5.23. The molecular weight excluding hydrogens is 737 g/mol. The van der Waals surface area contributed by atoms with E-state index in [1.54, 1.807) is 6.20 Å². The van der Waals surface area contributed by atoms with Gasteiger partial charge in [-0.05, 0) is 96.1 Å². The quantitative estimate of drug-likeness (QED) is 0.160. The minimum absolute atomic E-state index is 0.713. The van der Waals surface area contributed by atoms with E-state index in [4.69, 9.17) is 34.9 Å². The van der Waals surface area contributed by atoms with E-state index in [9.17, 15) is 0 Å². The van der Waals surface area contributed by atoms with Gasteiger partial charge in [0.15, 0.2) is 0 Å². The van der Waals surface area contributed by atoms with E-state index < -0.39 is 0 Å². The molecule has 8 heteroatoms. The summed E-state index contributed by atoms with van der Waals surface area (Å²) in [5.41, 5.74) is 13.8. The molecule has 0 fully saturated rings. The predicted octanol–water partition coefficient (Wildman–Crippen LogP) is 12.1. The van der Waals surface area contributed by atoms with Crippen LogP contribution in [0.15, 0.2) is 182 Å². The van der Waals surface area contributed by atoms with Gasteiger partial charge in [-0.3, -0.25) is 15.0 Å². The van der Waals surface area contributed by atoms with E-state index in [1.165, 1.54) is 0 Å². The zero-order valence-electron chi connectivity index (χ0n) is 31.9. The molecule has 8 aromatic heterocycles. The van der Waals surface area contributed by atoms with Crippen molar-refractivity contribution in [2.75, 3.05) is 0 Å². The lowest BCUT2D eigenvalue weighted by atomic mass is 10.0. The molecule has 0 aliphatic rings. The van der Waals surface area contributed by atoms with Gasteiger partial charge in [-0.25, -0.2) is 24.9 Å². The van der Waals surface area contributed by atoms with Crippen molar-refractivity contribution in [3.05, 3.63) is 182 Å². The molecule has 60 heavy (non-hydrogen) atoms. The van der Waals surface area contributed by atoms with Gasteiger partial charge in [-0.15, -0.1) is 0 Å². The fourth-order valence-corrected chi connectivity index (χ4v) is 8.10. The third-order valence-corrected chi connectivity index (χ3v) is 11.1. The van der Waals surface area contributed by atoms with Crippen molar-refractivity contribution in [1.29, 1.82) is 0 Å². The van der Waals surface area contributed by atoms with Crippen molar-refractivity contribution in [3.63, 3.8) is 0 Å². The minimum Gasteiger partial charge on any atom is -0.255 e. The number of benzene rings is 4.